The molecule has 1 saturated carbocycles. The predicted molar refractivity (Wildman–Crippen MR) is 128 cm³/mol. The number of phenols is 1. The second-order valence-corrected chi connectivity index (χ2v) is 9.47. The third-order valence-electron chi connectivity index (χ3n) is 7.45. The van der Waals surface area contributed by atoms with Gasteiger partial charge in [0.15, 0.2) is 0 Å². The highest BCUT2D eigenvalue weighted by molar-refractivity contribution is 5.51. The Bertz CT molecular complexity index is 968. The van der Waals surface area contributed by atoms with Crippen molar-refractivity contribution in [3.63, 3.8) is 0 Å². The molecular weight excluding hydrogens is 380 g/mol. The van der Waals surface area contributed by atoms with E-state index in [0.29, 0.717) is 23.5 Å². The van der Waals surface area contributed by atoms with Crippen molar-refractivity contribution >= 4 is 6.08 Å². The summed E-state index contributed by atoms with van der Waals surface area (Å²) in [5, 5.41) is 21.3. The third kappa shape index (κ3) is 4.73. The zero-order valence-electron chi connectivity index (χ0n) is 18.6. The van der Waals surface area contributed by atoms with Gasteiger partial charge in [-0.1, -0.05) is 67.8 Å². The molecule has 0 aromatic heterocycles. The summed E-state index contributed by atoms with van der Waals surface area (Å²) in [6, 6.07) is 14.5. The second-order valence-electron chi connectivity index (χ2n) is 9.47. The molecule has 2 heteroatoms. The number of aromatic hydroxyl groups is 1. The van der Waals surface area contributed by atoms with Gasteiger partial charge in [0.05, 0.1) is 0 Å². The first-order valence-corrected chi connectivity index (χ1v) is 11.8. The van der Waals surface area contributed by atoms with Crippen molar-refractivity contribution in [1.82, 2.24) is 0 Å². The Kier molecular flexibility index (Phi) is 6.54. The standard InChI is InChI=1S/C29H34O2/c1-3-9-26-25(24-16-17-29(31,4-2)20-24)15-14-22-19-28(30)23(18-27(22)26)13-8-12-21-10-6-5-7-11-21/h2,5-8,10-12,18-19,24-26,30-31H,3,9,13-17,20H2,1H3/b12-8+. The van der Waals surface area contributed by atoms with E-state index in [2.05, 4.69) is 43.2 Å². The number of aliphatic hydroxyl groups is 1. The van der Waals surface area contributed by atoms with Crippen LogP contribution in [-0.4, -0.2) is 15.8 Å². The van der Waals surface area contributed by atoms with Gasteiger partial charge in [-0.3, -0.25) is 0 Å². The van der Waals surface area contributed by atoms with E-state index in [1.54, 1.807) is 0 Å². The van der Waals surface area contributed by atoms with Crippen LogP contribution >= 0.6 is 0 Å². The molecule has 2 aromatic rings. The minimum Gasteiger partial charge on any atom is -0.508 e. The fourth-order valence-corrected chi connectivity index (χ4v) is 5.86. The van der Waals surface area contributed by atoms with Gasteiger partial charge < -0.3 is 10.2 Å². The number of fused-ring (bicyclic) bond motifs is 1. The topological polar surface area (TPSA) is 40.5 Å². The van der Waals surface area contributed by atoms with Crippen molar-refractivity contribution in [2.24, 2.45) is 11.8 Å². The van der Waals surface area contributed by atoms with Crippen molar-refractivity contribution < 1.29 is 10.2 Å². The number of aryl methyl sites for hydroxylation is 1. The lowest BCUT2D eigenvalue weighted by Gasteiger charge is -2.38. The van der Waals surface area contributed by atoms with E-state index in [1.165, 1.54) is 16.7 Å². The molecule has 0 aliphatic heterocycles. The molecule has 1 fully saturated rings. The molecular formula is C29H34O2. The minimum atomic E-state index is -0.913. The molecule has 2 aromatic carbocycles. The van der Waals surface area contributed by atoms with Crippen LogP contribution in [0.1, 0.15) is 73.6 Å². The summed E-state index contributed by atoms with van der Waals surface area (Å²) in [7, 11) is 0. The first-order chi connectivity index (χ1) is 15.0. The van der Waals surface area contributed by atoms with Gasteiger partial charge in [-0.05, 0) is 91.0 Å². The Morgan fingerprint density at radius 2 is 2.00 bits per heavy atom. The van der Waals surface area contributed by atoms with Crippen molar-refractivity contribution in [1.29, 1.82) is 0 Å². The fraction of sp³-hybridized carbons (Fsp3) is 0.448. The zero-order chi connectivity index (χ0) is 21.8. The number of benzene rings is 2. The lowest BCUT2D eigenvalue weighted by Crippen LogP contribution is -2.29. The van der Waals surface area contributed by atoms with E-state index < -0.39 is 5.60 Å². The van der Waals surface area contributed by atoms with E-state index in [-0.39, 0.29) is 0 Å². The average molecular weight is 415 g/mol. The smallest absolute Gasteiger partial charge is 0.125 e. The molecule has 2 aliphatic carbocycles. The Labute approximate surface area is 187 Å². The maximum Gasteiger partial charge on any atom is 0.125 e. The van der Waals surface area contributed by atoms with Crippen LogP contribution in [0.5, 0.6) is 5.75 Å². The second kappa shape index (κ2) is 9.33. The normalized spacial score (nSPS) is 27.8. The van der Waals surface area contributed by atoms with Crippen LogP contribution in [0.4, 0.5) is 0 Å². The third-order valence-corrected chi connectivity index (χ3v) is 7.45. The molecule has 31 heavy (non-hydrogen) atoms. The highest BCUT2D eigenvalue weighted by atomic mass is 16.3. The molecule has 2 N–H and O–H groups in total. The number of terminal acetylenes is 1. The molecule has 4 atom stereocenters. The summed E-state index contributed by atoms with van der Waals surface area (Å²) in [6.45, 7) is 2.25. The van der Waals surface area contributed by atoms with Crippen molar-refractivity contribution in [2.45, 2.75) is 69.8 Å². The van der Waals surface area contributed by atoms with E-state index in [1.807, 2.05) is 24.3 Å². The number of rotatable bonds is 6. The fourth-order valence-electron chi connectivity index (χ4n) is 5.86. The summed E-state index contributed by atoms with van der Waals surface area (Å²) < 4.78 is 0. The van der Waals surface area contributed by atoms with E-state index in [4.69, 9.17) is 6.42 Å². The van der Waals surface area contributed by atoms with Crippen LogP contribution in [0.15, 0.2) is 48.5 Å². The maximum atomic E-state index is 10.7. The van der Waals surface area contributed by atoms with E-state index in [9.17, 15) is 10.2 Å². The van der Waals surface area contributed by atoms with Gasteiger partial charge in [-0.2, -0.15) is 0 Å². The first kappa shape index (κ1) is 21.7. The van der Waals surface area contributed by atoms with Gasteiger partial charge in [0.1, 0.15) is 11.4 Å². The monoisotopic (exact) mass is 414 g/mol. The largest absolute Gasteiger partial charge is 0.508 e. The Morgan fingerprint density at radius 3 is 2.71 bits per heavy atom. The van der Waals surface area contributed by atoms with Gasteiger partial charge in [0.2, 0.25) is 0 Å². The number of hydrogen-bond donors (Lipinski definition) is 2. The maximum absolute atomic E-state index is 10.7. The van der Waals surface area contributed by atoms with Gasteiger partial charge in [-0.15, -0.1) is 6.42 Å². The molecule has 0 radical (unpaired) electrons. The van der Waals surface area contributed by atoms with Crippen LogP contribution in [0.3, 0.4) is 0 Å². The predicted octanol–water partition coefficient (Wildman–Crippen LogP) is 6.26. The van der Waals surface area contributed by atoms with E-state index in [0.717, 1.165) is 56.9 Å². The summed E-state index contributed by atoms with van der Waals surface area (Å²) in [6.07, 6.45) is 17.5. The van der Waals surface area contributed by atoms with Gasteiger partial charge in [-0.25, -0.2) is 0 Å². The summed E-state index contributed by atoms with van der Waals surface area (Å²) in [4.78, 5) is 0. The molecule has 0 saturated heterocycles. The van der Waals surface area contributed by atoms with Gasteiger partial charge >= 0.3 is 0 Å². The molecule has 0 amide bonds. The number of allylic oxidation sites excluding steroid dienone is 1. The van der Waals surface area contributed by atoms with Gasteiger partial charge in [0, 0.05) is 0 Å². The quantitative estimate of drug-likeness (QED) is 0.548. The van der Waals surface area contributed by atoms with E-state index >= 15 is 0 Å². The van der Waals surface area contributed by atoms with Crippen LogP contribution in [0, 0.1) is 24.2 Å². The highest BCUT2D eigenvalue weighted by Gasteiger charge is 2.43. The molecule has 2 aliphatic rings. The van der Waals surface area contributed by atoms with Crippen LogP contribution < -0.4 is 0 Å². The van der Waals surface area contributed by atoms with Crippen LogP contribution in [0.2, 0.25) is 0 Å². The highest BCUT2D eigenvalue weighted by Crippen LogP contribution is 2.50. The minimum absolute atomic E-state index is 0.410. The Morgan fingerprint density at radius 1 is 1.19 bits per heavy atom. The average Bonchev–Trinajstić information content (AvgIpc) is 3.18. The lowest BCUT2D eigenvalue weighted by molar-refractivity contribution is 0.0966. The molecule has 4 rings (SSSR count). The molecule has 162 valence electrons. The summed E-state index contributed by atoms with van der Waals surface area (Å²) in [5.41, 5.74) is 3.97. The number of hydrogen-bond acceptors (Lipinski definition) is 2. The Hall–Kier alpha value is -2.50. The first-order valence-electron chi connectivity index (χ1n) is 11.8. The summed E-state index contributed by atoms with van der Waals surface area (Å²) in [5.74, 6) is 4.59. The van der Waals surface area contributed by atoms with Crippen molar-refractivity contribution in [2.75, 3.05) is 0 Å². The van der Waals surface area contributed by atoms with Crippen LogP contribution in [-0.2, 0) is 12.8 Å². The van der Waals surface area contributed by atoms with Crippen LogP contribution in [0.25, 0.3) is 6.08 Å². The molecule has 0 heterocycles. The van der Waals surface area contributed by atoms with Gasteiger partial charge in [0.25, 0.3) is 0 Å². The molecule has 4 unspecified atom stereocenters. The van der Waals surface area contributed by atoms with Crippen molar-refractivity contribution in [3.05, 3.63) is 70.8 Å². The summed E-state index contributed by atoms with van der Waals surface area (Å²) >= 11 is 0. The molecule has 2 nitrogen and oxygen atoms in total. The zero-order valence-corrected chi connectivity index (χ0v) is 18.6. The number of phenolic OH excluding ortho intramolecular Hbond substituents is 1. The van der Waals surface area contributed by atoms with Crippen molar-refractivity contribution in [3.8, 4) is 18.1 Å². The lowest BCUT2D eigenvalue weighted by atomic mass is 9.67. The molecule has 0 spiro atoms. The Balaban J connectivity index is 1.58. The molecule has 0 bridgehead atoms. The SMILES string of the molecule is C#CC1(O)CCC(C2CCc3cc(O)c(C/C=C/c4ccccc4)cc3C2CCC)C1.